The molecule has 1 amide bonds. The van der Waals surface area contributed by atoms with Crippen LogP contribution >= 0.6 is 0 Å². The van der Waals surface area contributed by atoms with Crippen molar-refractivity contribution in [1.29, 1.82) is 0 Å². The monoisotopic (exact) mass is 360 g/mol. The summed E-state index contributed by atoms with van der Waals surface area (Å²) in [4.78, 5) is 26.0. The van der Waals surface area contributed by atoms with Crippen LogP contribution in [0.15, 0.2) is 30.5 Å². The molecule has 0 saturated heterocycles. The van der Waals surface area contributed by atoms with Crippen molar-refractivity contribution >= 4 is 11.9 Å². The first-order chi connectivity index (χ1) is 12.4. The highest BCUT2D eigenvalue weighted by molar-refractivity contribution is 5.93. The summed E-state index contributed by atoms with van der Waals surface area (Å²) < 4.78 is 17.9. The van der Waals surface area contributed by atoms with Crippen LogP contribution in [0.4, 0.5) is 4.39 Å². The highest BCUT2D eigenvalue weighted by Gasteiger charge is 2.43. The Morgan fingerprint density at radius 2 is 2.04 bits per heavy atom. The van der Waals surface area contributed by atoms with E-state index in [0.717, 1.165) is 12.8 Å². The third kappa shape index (κ3) is 3.58. The quantitative estimate of drug-likeness (QED) is 0.845. The van der Waals surface area contributed by atoms with Crippen molar-refractivity contribution in [2.75, 3.05) is 7.11 Å². The molecule has 1 fully saturated rings. The lowest BCUT2D eigenvalue weighted by Gasteiger charge is -2.40. The summed E-state index contributed by atoms with van der Waals surface area (Å²) in [5, 5.41) is 11.1. The molecule has 1 heterocycles. The Kier molecular flexibility index (Phi) is 5.01. The number of carbonyl (C=O) groups is 2. The predicted molar refractivity (Wildman–Crippen MR) is 91.2 cm³/mol. The van der Waals surface area contributed by atoms with Crippen molar-refractivity contribution in [3.05, 3.63) is 42.0 Å². The summed E-state index contributed by atoms with van der Waals surface area (Å²) in [5.41, 5.74) is -0.0197. The van der Waals surface area contributed by atoms with Crippen molar-refractivity contribution < 1.29 is 18.7 Å². The normalized spacial score (nSPS) is 22.7. The van der Waals surface area contributed by atoms with E-state index in [1.807, 2.05) is 6.92 Å². The summed E-state index contributed by atoms with van der Waals surface area (Å²) in [6, 6.07) is 5.63. The molecule has 0 unspecified atom stereocenters. The predicted octanol–water partition coefficient (Wildman–Crippen LogP) is 2.26. The molecule has 0 aliphatic heterocycles. The topological polar surface area (TPSA) is 86.1 Å². The molecule has 2 atom stereocenters. The van der Waals surface area contributed by atoms with Gasteiger partial charge in [-0.2, -0.15) is 9.90 Å². The van der Waals surface area contributed by atoms with Crippen LogP contribution < -0.4 is 5.32 Å². The fourth-order valence-electron chi connectivity index (χ4n) is 3.39. The largest absolute Gasteiger partial charge is 0.469 e. The molecule has 7 nitrogen and oxygen atoms in total. The first-order valence-electron chi connectivity index (χ1n) is 8.51. The zero-order valence-corrected chi connectivity index (χ0v) is 14.7. The molecule has 1 aliphatic carbocycles. The van der Waals surface area contributed by atoms with E-state index in [1.54, 1.807) is 0 Å². The first-order valence-corrected chi connectivity index (χ1v) is 8.51. The van der Waals surface area contributed by atoms with Gasteiger partial charge in [-0.25, -0.2) is 4.39 Å². The Balaban J connectivity index is 1.77. The lowest BCUT2D eigenvalue weighted by molar-refractivity contribution is -0.149. The number of nitrogens with one attached hydrogen (secondary N) is 1. The maximum absolute atomic E-state index is 13.0. The van der Waals surface area contributed by atoms with Crippen molar-refractivity contribution in [3.8, 4) is 5.69 Å². The minimum atomic E-state index is -0.692. The number of halogens is 1. The fraction of sp³-hybridized carbons (Fsp3) is 0.444. The number of rotatable bonds is 4. The summed E-state index contributed by atoms with van der Waals surface area (Å²) in [6.45, 7) is 1.86. The fourth-order valence-corrected chi connectivity index (χ4v) is 3.39. The molecule has 26 heavy (non-hydrogen) atoms. The Bertz CT molecular complexity index is 805. The smallest absolute Gasteiger partial charge is 0.311 e. The van der Waals surface area contributed by atoms with Gasteiger partial charge in [0.1, 0.15) is 5.82 Å². The van der Waals surface area contributed by atoms with Gasteiger partial charge >= 0.3 is 5.97 Å². The van der Waals surface area contributed by atoms with E-state index < -0.39 is 17.4 Å². The molecule has 0 bridgehead atoms. The van der Waals surface area contributed by atoms with Crippen LogP contribution in [0.2, 0.25) is 0 Å². The third-order valence-electron chi connectivity index (χ3n) is 4.87. The second-order valence-electron chi connectivity index (χ2n) is 6.69. The number of hydrogen-bond acceptors (Lipinski definition) is 5. The van der Waals surface area contributed by atoms with E-state index in [0.29, 0.717) is 18.5 Å². The lowest BCUT2D eigenvalue weighted by atomic mass is 9.73. The number of amides is 1. The Labute approximate surface area is 150 Å². The van der Waals surface area contributed by atoms with E-state index >= 15 is 0 Å². The average Bonchev–Trinajstić information content (AvgIpc) is 3.12. The molecular formula is C18H21FN4O3. The van der Waals surface area contributed by atoms with Gasteiger partial charge in [0.05, 0.1) is 30.5 Å². The van der Waals surface area contributed by atoms with Gasteiger partial charge in [0, 0.05) is 0 Å². The third-order valence-corrected chi connectivity index (χ3v) is 4.87. The van der Waals surface area contributed by atoms with E-state index in [-0.39, 0.29) is 17.5 Å². The second kappa shape index (κ2) is 7.23. The number of nitrogens with zero attached hydrogens (tertiary/aromatic N) is 3. The molecule has 0 spiro atoms. The summed E-state index contributed by atoms with van der Waals surface area (Å²) in [6.07, 6.45) is 4.55. The zero-order chi connectivity index (χ0) is 18.7. The molecule has 1 aromatic heterocycles. The van der Waals surface area contributed by atoms with Crippen molar-refractivity contribution in [1.82, 2.24) is 20.3 Å². The molecular weight excluding hydrogens is 339 g/mol. The highest BCUT2D eigenvalue weighted by Crippen LogP contribution is 2.34. The highest BCUT2D eigenvalue weighted by atomic mass is 19.1. The van der Waals surface area contributed by atoms with Crippen LogP contribution in [0, 0.1) is 11.7 Å². The van der Waals surface area contributed by atoms with Crippen LogP contribution in [-0.2, 0) is 9.53 Å². The number of hydrogen-bond donors (Lipinski definition) is 1. The Morgan fingerprint density at radius 3 is 2.73 bits per heavy atom. The van der Waals surface area contributed by atoms with Gasteiger partial charge in [-0.3, -0.25) is 9.59 Å². The first kappa shape index (κ1) is 18.0. The van der Waals surface area contributed by atoms with E-state index in [4.69, 9.17) is 4.74 Å². The molecule has 1 aliphatic rings. The SMILES string of the molecule is COC(=O)[C@H]1CCCC[C@]1(C)NC(=O)c1cnn(-c2ccc(F)cc2)n1. The molecule has 8 heteroatoms. The molecule has 138 valence electrons. The van der Waals surface area contributed by atoms with Gasteiger partial charge in [0.2, 0.25) is 0 Å². The Hall–Kier alpha value is -2.77. The maximum Gasteiger partial charge on any atom is 0.311 e. The number of carbonyl (C=O) groups excluding carboxylic acids is 2. The van der Waals surface area contributed by atoms with E-state index in [9.17, 15) is 14.0 Å². The minimum Gasteiger partial charge on any atom is -0.469 e. The molecule has 2 aromatic rings. The standard InChI is InChI=1S/C18H21FN4O3/c1-18(10-4-3-5-14(18)17(25)26-2)21-16(24)15-11-20-23(22-15)13-8-6-12(19)7-9-13/h6-9,11,14H,3-5,10H2,1-2H3,(H,21,24)/t14-,18+/m1/s1. The number of aromatic nitrogens is 3. The lowest BCUT2D eigenvalue weighted by Crippen LogP contribution is -2.55. The van der Waals surface area contributed by atoms with Crippen LogP contribution in [0.25, 0.3) is 5.69 Å². The van der Waals surface area contributed by atoms with Gasteiger partial charge < -0.3 is 10.1 Å². The number of benzene rings is 1. The van der Waals surface area contributed by atoms with E-state index in [2.05, 4.69) is 15.5 Å². The van der Waals surface area contributed by atoms with Crippen molar-refractivity contribution in [2.45, 2.75) is 38.1 Å². The minimum absolute atomic E-state index is 0.129. The summed E-state index contributed by atoms with van der Waals surface area (Å²) >= 11 is 0. The summed E-state index contributed by atoms with van der Waals surface area (Å²) in [7, 11) is 1.35. The van der Waals surface area contributed by atoms with Gasteiger partial charge in [-0.15, -0.1) is 5.10 Å². The van der Waals surface area contributed by atoms with Gasteiger partial charge in [-0.1, -0.05) is 12.8 Å². The van der Waals surface area contributed by atoms with Crippen molar-refractivity contribution in [3.63, 3.8) is 0 Å². The zero-order valence-electron chi connectivity index (χ0n) is 14.7. The number of ether oxygens (including phenoxy) is 1. The van der Waals surface area contributed by atoms with Crippen LogP contribution in [-0.4, -0.2) is 39.5 Å². The molecule has 0 radical (unpaired) electrons. The van der Waals surface area contributed by atoms with Crippen molar-refractivity contribution in [2.24, 2.45) is 5.92 Å². The molecule has 3 rings (SSSR count). The van der Waals surface area contributed by atoms with E-state index in [1.165, 1.54) is 42.4 Å². The van der Waals surface area contributed by atoms with Crippen LogP contribution in [0.1, 0.15) is 43.1 Å². The Morgan fingerprint density at radius 1 is 1.31 bits per heavy atom. The second-order valence-corrected chi connectivity index (χ2v) is 6.69. The number of methoxy groups -OCH3 is 1. The van der Waals surface area contributed by atoms with Crippen LogP contribution in [0.5, 0.6) is 0 Å². The van der Waals surface area contributed by atoms with Gasteiger partial charge in [0.15, 0.2) is 5.69 Å². The molecule has 1 N–H and O–H groups in total. The average molecular weight is 360 g/mol. The summed E-state index contributed by atoms with van der Waals surface area (Å²) in [5.74, 6) is -1.48. The maximum atomic E-state index is 13.0. The van der Waals surface area contributed by atoms with Gasteiger partial charge in [-0.05, 0) is 44.0 Å². The molecule has 1 saturated carbocycles. The van der Waals surface area contributed by atoms with Crippen LogP contribution in [0.3, 0.4) is 0 Å². The number of esters is 1. The molecule has 1 aromatic carbocycles. The van der Waals surface area contributed by atoms with Gasteiger partial charge in [0.25, 0.3) is 5.91 Å².